The molecule has 6 heteroatoms. The van der Waals surface area contributed by atoms with Crippen LogP contribution in [0.1, 0.15) is 25.5 Å². The molecule has 17 heavy (non-hydrogen) atoms. The molecule has 0 spiro atoms. The van der Waals surface area contributed by atoms with E-state index in [0.29, 0.717) is 12.5 Å². The minimum atomic E-state index is -0.815. The second kappa shape index (κ2) is 5.77. The van der Waals surface area contributed by atoms with Gasteiger partial charge in [-0.3, -0.25) is 9.69 Å². The molecule has 0 fully saturated rings. The highest BCUT2D eigenvalue weighted by molar-refractivity contribution is 5.69. The minimum Gasteiger partial charge on any atom is -0.480 e. The molecule has 0 saturated carbocycles. The number of hydrogen-bond donors (Lipinski definition) is 1. The number of nitrogens with zero attached hydrogens (tertiary/aromatic N) is 4. The van der Waals surface area contributed by atoms with Gasteiger partial charge in [-0.15, -0.1) is 10.2 Å². The largest absolute Gasteiger partial charge is 0.480 e. The van der Waals surface area contributed by atoms with Gasteiger partial charge in [0.05, 0.1) is 13.1 Å². The Hall–Kier alpha value is -1.43. The average Bonchev–Trinajstić information content (AvgIpc) is 2.47. The van der Waals surface area contributed by atoms with Gasteiger partial charge in [-0.1, -0.05) is 13.8 Å². The molecule has 96 valence electrons. The molecule has 0 aliphatic heterocycles. The Bertz CT molecular complexity index is 387. The molecule has 1 heterocycles. The molecule has 6 nitrogen and oxygen atoms in total. The van der Waals surface area contributed by atoms with Gasteiger partial charge in [0.2, 0.25) is 0 Å². The van der Waals surface area contributed by atoms with Gasteiger partial charge in [-0.2, -0.15) is 0 Å². The van der Waals surface area contributed by atoms with Gasteiger partial charge in [0.15, 0.2) is 0 Å². The molecule has 0 aliphatic carbocycles. The number of rotatable bonds is 6. The third-order valence-corrected chi connectivity index (χ3v) is 2.53. The third-order valence-electron chi connectivity index (χ3n) is 2.53. The van der Waals surface area contributed by atoms with Crippen LogP contribution in [0, 0.1) is 12.8 Å². The third kappa shape index (κ3) is 4.14. The molecule has 0 aliphatic rings. The number of carbonyl (C=O) groups is 1. The molecular formula is C11H20N4O2. The van der Waals surface area contributed by atoms with E-state index in [1.165, 1.54) is 0 Å². The zero-order valence-corrected chi connectivity index (χ0v) is 10.8. The van der Waals surface area contributed by atoms with Crippen molar-refractivity contribution < 1.29 is 9.90 Å². The predicted octanol–water partition coefficient (Wildman–Crippen LogP) is 0.666. The Morgan fingerprint density at radius 1 is 1.47 bits per heavy atom. The smallest absolute Gasteiger partial charge is 0.317 e. The van der Waals surface area contributed by atoms with E-state index in [0.717, 1.165) is 18.2 Å². The van der Waals surface area contributed by atoms with Crippen LogP contribution >= 0.6 is 0 Å². The summed E-state index contributed by atoms with van der Waals surface area (Å²) in [7, 11) is 1.89. The lowest BCUT2D eigenvalue weighted by Crippen LogP contribution is -2.33. The Morgan fingerprint density at radius 3 is 2.53 bits per heavy atom. The maximum atomic E-state index is 10.8. The van der Waals surface area contributed by atoms with E-state index in [4.69, 9.17) is 5.11 Å². The first kappa shape index (κ1) is 13.6. The summed E-state index contributed by atoms with van der Waals surface area (Å²) < 4.78 is 1.88. The van der Waals surface area contributed by atoms with E-state index >= 15 is 0 Å². The molecule has 0 amide bonds. The fourth-order valence-electron chi connectivity index (χ4n) is 1.68. The highest BCUT2D eigenvalue weighted by Crippen LogP contribution is 2.06. The first-order chi connectivity index (χ1) is 7.90. The van der Waals surface area contributed by atoms with E-state index in [2.05, 4.69) is 24.0 Å². The van der Waals surface area contributed by atoms with Crippen molar-refractivity contribution in [3.05, 3.63) is 11.6 Å². The zero-order chi connectivity index (χ0) is 13.0. The maximum Gasteiger partial charge on any atom is 0.317 e. The molecular weight excluding hydrogens is 220 g/mol. The Kier molecular flexibility index (Phi) is 4.62. The Balaban J connectivity index is 2.71. The topological polar surface area (TPSA) is 71.2 Å². The molecule has 0 atom stereocenters. The Morgan fingerprint density at radius 2 is 2.12 bits per heavy atom. The summed E-state index contributed by atoms with van der Waals surface area (Å²) in [6.07, 6.45) is 0. The van der Waals surface area contributed by atoms with Crippen molar-refractivity contribution in [3.63, 3.8) is 0 Å². The lowest BCUT2D eigenvalue weighted by Gasteiger charge is -2.21. The molecule has 0 unspecified atom stereocenters. The van der Waals surface area contributed by atoms with Gasteiger partial charge < -0.3 is 9.67 Å². The number of hydrogen-bond acceptors (Lipinski definition) is 4. The fraction of sp³-hybridized carbons (Fsp3) is 0.727. The van der Waals surface area contributed by atoms with Gasteiger partial charge in [0.25, 0.3) is 0 Å². The number of carboxylic acid groups (broad SMARTS) is 1. The molecule has 1 aromatic heterocycles. The van der Waals surface area contributed by atoms with Crippen molar-refractivity contribution in [2.24, 2.45) is 13.0 Å². The number of carboxylic acids is 1. The summed E-state index contributed by atoms with van der Waals surface area (Å²) in [4.78, 5) is 12.7. The first-order valence-electron chi connectivity index (χ1n) is 5.69. The fourth-order valence-corrected chi connectivity index (χ4v) is 1.68. The van der Waals surface area contributed by atoms with E-state index in [1.54, 1.807) is 0 Å². The molecule has 0 bridgehead atoms. The van der Waals surface area contributed by atoms with Crippen LogP contribution in [0.4, 0.5) is 0 Å². The summed E-state index contributed by atoms with van der Waals surface area (Å²) >= 11 is 0. The lowest BCUT2D eigenvalue weighted by atomic mass is 10.2. The van der Waals surface area contributed by atoms with Gasteiger partial charge in [0.1, 0.15) is 11.6 Å². The van der Waals surface area contributed by atoms with Crippen molar-refractivity contribution in [2.45, 2.75) is 27.3 Å². The summed E-state index contributed by atoms with van der Waals surface area (Å²) in [6.45, 7) is 7.29. The van der Waals surface area contributed by atoms with Crippen LogP contribution in [-0.2, 0) is 18.4 Å². The normalized spacial score (nSPS) is 11.4. The summed E-state index contributed by atoms with van der Waals surface area (Å²) in [5.41, 5.74) is 0. The highest BCUT2D eigenvalue weighted by atomic mass is 16.4. The van der Waals surface area contributed by atoms with Gasteiger partial charge in [-0.05, 0) is 12.8 Å². The molecule has 1 rings (SSSR count). The van der Waals surface area contributed by atoms with Crippen LogP contribution in [0.2, 0.25) is 0 Å². The van der Waals surface area contributed by atoms with Crippen LogP contribution in [0.25, 0.3) is 0 Å². The number of aryl methyl sites for hydroxylation is 1. The monoisotopic (exact) mass is 240 g/mol. The van der Waals surface area contributed by atoms with Crippen LogP contribution in [0.3, 0.4) is 0 Å². The summed E-state index contributed by atoms with van der Waals surface area (Å²) in [6, 6.07) is 0. The van der Waals surface area contributed by atoms with Crippen molar-refractivity contribution in [1.29, 1.82) is 0 Å². The summed E-state index contributed by atoms with van der Waals surface area (Å²) in [5, 5.41) is 16.9. The average molecular weight is 240 g/mol. The van der Waals surface area contributed by atoms with Crippen LogP contribution < -0.4 is 0 Å². The quantitative estimate of drug-likeness (QED) is 0.791. The molecule has 0 saturated heterocycles. The van der Waals surface area contributed by atoms with E-state index in [-0.39, 0.29) is 6.54 Å². The van der Waals surface area contributed by atoms with Crippen molar-refractivity contribution >= 4 is 5.97 Å². The predicted molar refractivity (Wildman–Crippen MR) is 63.5 cm³/mol. The van der Waals surface area contributed by atoms with E-state index in [1.807, 2.05) is 23.4 Å². The van der Waals surface area contributed by atoms with Gasteiger partial charge in [0, 0.05) is 13.6 Å². The van der Waals surface area contributed by atoms with Crippen LogP contribution in [0.15, 0.2) is 0 Å². The second-order valence-corrected chi connectivity index (χ2v) is 4.68. The van der Waals surface area contributed by atoms with Crippen LogP contribution in [-0.4, -0.2) is 43.8 Å². The second-order valence-electron chi connectivity index (χ2n) is 4.68. The van der Waals surface area contributed by atoms with E-state index < -0.39 is 5.97 Å². The van der Waals surface area contributed by atoms with Gasteiger partial charge in [-0.25, -0.2) is 0 Å². The zero-order valence-electron chi connectivity index (χ0n) is 10.8. The summed E-state index contributed by atoms with van der Waals surface area (Å²) in [5.74, 6) is 1.23. The molecule has 0 aromatic carbocycles. The Labute approximate surface area is 101 Å². The minimum absolute atomic E-state index is 0.0318. The van der Waals surface area contributed by atoms with Crippen molar-refractivity contribution in [1.82, 2.24) is 19.7 Å². The van der Waals surface area contributed by atoms with Crippen molar-refractivity contribution in [2.75, 3.05) is 13.1 Å². The highest BCUT2D eigenvalue weighted by Gasteiger charge is 2.15. The number of aliphatic carboxylic acids is 1. The molecule has 0 radical (unpaired) electrons. The lowest BCUT2D eigenvalue weighted by molar-refractivity contribution is -0.138. The van der Waals surface area contributed by atoms with Crippen LogP contribution in [0.5, 0.6) is 0 Å². The van der Waals surface area contributed by atoms with Crippen molar-refractivity contribution in [3.8, 4) is 0 Å². The maximum absolute atomic E-state index is 10.8. The number of aromatic nitrogens is 3. The standard InChI is InChI=1S/C11H20N4O2/c1-8(2)5-15(7-11(16)17)6-10-13-12-9(3)14(10)4/h8H,5-7H2,1-4H3,(H,16,17). The first-order valence-corrected chi connectivity index (χ1v) is 5.69. The van der Waals surface area contributed by atoms with Gasteiger partial charge >= 0.3 is 5.97 Å². The molecule has 1 N–H and O–H groups in total. The molecule has 1 aromatic rings. The SMILES string of the molecule is Cc1nnc(CN(CC(=O)O)CC(C)C)n1C. The van der Waals surface area contributed by atoms with E-state index in [9.17, 15) is 4.79 Å².